The molecular formula is C19H19FO4. The predicted molar refractivity (Wildman–Crippen MR) is 87.3 cm³/mol. The lowest BCUT2D eigenvalue weighted by Crippen LogP contribution is -2.21. The molecule has 24 heavy (non-hydrogen) atoms. The van der Waals surface area contributed by atoms with Crippen molar-refractivity contribution in [1.82, 2.24) is 0 Å². The van der Waals surface area contributed by atoms with Crippen molar-refractivity contribution in [1.29, 1.82) is 0 Å². The van der Waals surface area contributed by atoms with Gasteiger partial charge in [-0.2, -0.15) is 0 Å². The first kappa shape index (κ1) is 16.6. The van der Waals surface area contributed by atoms with Crippen LogP contribution in [0.5, 0.6) is 0 Å². The van der Waals surface area contributed by atoms with E-state index in [2.05, 4.69) is 0 Å². The first-order valence-corrected chi connectivity index (χ1v) is 7.82. The number of benzene rings is 2. The van der Waals surface area contributed by atoms with Gasteiger partial charge >= 0.3 is 5.97 Å². The summed E-state index contributed by atoms with van der Waals surface area (Å²) in [4.78, 5) is 12.1. The third kappa shape index (κ3) is 3.80. The molecule has 4 nitrogen and oxygen atoms in total. The summed E-state index contributed by atoms with van der Waals surface area (Å²) >= 11 is 0. The molecule has 3 atom stereocenters. The van der Waals surface area contributed by atoms with E-state index in [1.807, 2.05) is 42.5 Å². The average molecular weight is 330 g/mol. The second-order valence-electron chi connectivity index (χ2n) is 5.66. The molecule has 1 heterocycles. The van der Waals surface area contributed by atoms with Crippen LogP contribution in [-0.2, 0) is 14.2 Å². The Morgan fingerprint density at radius 3 is 2.42 bits per heavy atom. The second-order valence-corrected chi connectivity index (χ2v) is 5.66. The lowest BCUT2D eigenvalue weighted by molar-refractivity contribution is -0.141. The zero-order chi connectivity index (χ0) is 16.9. The highest BCUT2D eigenvalue weighted by atomic mass is 19.1. The van der Waals surface area contributed by atoms with Gasteiger partial charge in [0.2, 0.25) is 0 Å². The van der Waals surface area contributed by atoms with Crippen molar-refractivity contribution in [3.05, 3.63) is 60.2 Å². The monoisotopic (exact) mass is 330 g/mol. The average Bonchev–Trinajstić information content (AvgIpc) is 3.00. The molecule has 0 aliphatic carbocycles. The minimum atomic E-state index is -1.19. The molecule has 0 saturated carbocycles. The van der Waals surface area contributed by atoms with Gasteiger partial charge in [0.15, 0.2) is 12.5 Å². The van der Waals surface area contributed by atoms with Crippen LogP contribution in [0.15, 0.2) is 54.6 Å². The fourth-order valence-electron chi connectivity index (χ4n) is 2.68. The lowest BCUT2D eigenvalue weighted by atomic mass is 10.0. The van der Waals surface area contributed by atoms with Crippen LogP contribution in [0.3, 0.4) is 0 Å². The summed E-state index contributed by atoms with van der Waals surface area (Å²) in [5.74, 6) is -0.450. The molecule has 1 saturated heterocycles. The molecule has 0 aromatic heterocycles. The Morgan fingerprint density at radius 1 is 1.12 bits per heavy atom. The molecular weight excluding hydrogens is 311 g/mol. The molecule has 2 aromatic rings. The Morgan fingerprint density at radius 2 is 1.79 bits per heavy atom. The van der Waals surface area contributed by atoms with Crippen LogP contribution in [0.2, 0.25) is 0 Å². The summed E-state index contributed by atoms with van der Waals surface area (Å²) in [7, 11) is 1.39. The van der Waals surface area contributed by atoms with E-state index in [9.17, 15) is 9.18 Å². The van der Waals surface area contributed by atoms with Gasteiger partial charge in [-0.3, -0.25) is 0 Å². The van der Waals surface area contributed by atoms with Crippen LogP contribution >= 0.6 is 0 Å². The van der Waals surface area contributed by atoms with Crippen LogP contribution in [0.25, 0.3) is 11.1 Å². The number of rotatable bonds is 5. The number of carbonyl (C=O) groups excluding carboxylic acids is 1. The number of ether oxygens (including phenoxy) is 3. The van der Waals surface area contributed by atoms with Gasteiger partial charge in [-0.05, 0) is 23.3 Å². The third-order valence-electron chi connectivity index (χ3n) is 3.97. The van der Waals surface area contributed by atoms with Crippen molar-refractivity contribution >= 4 is 5.97 Å². The van der Waals surface area contributed by atoms with Gasteiger partial charge in [0.1, 0.15) is 6.61 Å². The van der Waals surface area contributed by atoms with E-state index >= 15 is 0 Å². The van der Waals surface area contributed by atoms with Gasteiger partial charge in [0, 0.05) is 13.5 Å². The van der Waals surface area contributed by atoms with Crippen molar-refractivity contribution in [2.45, 2.75) is 25.0 Å². The van der Waals surface area contributed by atoms with Gasteiger partial charge in [-0.15, -0.1) is 0 Å². The molecule has 0 bridgehead atoms. The number of alkyl halides is 1. The zero-order valence-corrected chi connectivity index (χ0v) is 13.4. The second kappa shape index (κ2) is 7.55. The predicted octanol–water partition coefficient (Wildman–Crippen LogP) is 3.61. The summed E-state index contributed by atoms with van der Waals surface area (Å²) in [6.45, 7) is 0.0134. The summed E-state index contributed by atoms with van der Waals surface area (Å²) in [6, 6.07) is 17.1. The normalized spacial score (nSPS) is 23.2. The Kier molecular flexibility index (Phi) is 5.23. The smallest absolute Gasteiger partial charge is 0.338 e. The van der Waals surface area contributed by atoms with Crippen LogP contribution in [0.4, 0.5) is 4.39 Å². The Balaban J connectivity index is 1.56. The Bertz CT molecular complexity index is 672. The summed E-state index contributed by atoms with van der Waals surface area (Å²) in [5, 5.41) is 0. The maximum absolute atomic E-state index is 13.5. The van der Waals surface area contributed by atoms with Gasteiger partial charge in [0.05, 0.1) is 11.7 Å². The van der Waals surface area contributed by atoms with Gasteiger partial charge in [-0.1, -0.05) is 42.5 Å². The number of hydrogen-bond donors (Lipinski definition) is 0. The fourth-order valence-corrected chi connectivity index (χ4v) is 2.68. The van der Waals surface area contributed by atoms with Crippen molar-refractivity contribution in [2.24, 2.45) is 0 Å². The summed E-state index contributed by atoms with van der Waals surface area (Å²) < 4.78 is 28.9. The summed E-state index contributed by atoms with van der Waals surface area (Å²) in [6.07, 6.45) is -2.38. The van der Waals surface area contributed by atoms with Crippen LogP contribution in [0, 0.1) is 0 Å². The maximum Gasteiger partial charge on any atom is 0.338 e. The largest absolute Gasteiger partial charge is 0.459 e. The quantitative estimate of drug-likeness (QED) is 0.786. The number of carbonyl (C=O) groups is 1. The molecule has 1 aliphatic heterocycles. The topological polar surface area (TPSA) is 44.8 Å². The number of esters is 1. The van der Waals surface area contributed by atoms with E-state index < -0.39 is 24.5 Å². The third-order valence-corrected chi connectivity index (χ3v) is 3.97. The molecule has 0 spiro atoms. The highest BCUT2D eigenvalue weighted by molar-refractivity contribution is 5.90. The minimum Gasteiger partial charge on any atom is -0.459 e. The maximum atomic E-state index is 13.5. The van der Waals surface area contributed by atoms with E-state index in [0.29, 0.717) is 5.56 Å². The summed E-state index contributed by atoms with van der Waals surface area (Å²) in [5.41, 5.74) is 2.55. The molecule has 0 N–H and O–H groups in total. The van der Waals surface area contributed by atoms with E-state index in [4.69, 9.17) is 14.2 Å². The van der Waals surface area contributed by atoms with E-state index in [1.165, 1.54) is 7.11 Å². The van der Waals surface area contributed by atoms with Crippen LogP contribution in [0.1, 0.15) is 16.8 Å². The van der Waals surface area contributed by atoms with Crippen molar-refractivity contribution in [2.75, 3.05) is 13.7 Å². The zero-order valence-electron chi connectivity index (χ0n) is 13.4. The molecule has 2 aromatic carbocycles. The molecule has 2 unspecified atom stereocenters. The Labute approximate surface area is 140 Å². The van der Waals surface area contributed by atoms with Crippen molar-refractivity contribution in [3.63, 3.8) is 0 Å². The highest BCUT2D eigenvalue weighted by Gasteiger charge is 2.36. The highest BCUT2D eigenvalue weighted by Crippen LogP contribution is 2.24. The molecule has 0 amide bonds. The van der Waals surface area contributed by atoms with E-state index in [1.54, 1.807) is 12.1 Å². The van der Waals surface area contributed by atoms with Gasteiger partial charge in [-0.25, -0.2) is 9.18 Å². The standard InChI is InChI=1S/C19H19FO4/c1-22-19-17(20)11-16(24-19)12-23-18(21)15-9-7-14(8-10-15)13-5-3-2-4-6-13/h2-10,16-17,19H,11-12H2,1H3/t16-,17?,19?/m0/s1. The van der Waals surface area contributed by atoms with Gasteiger partial charge < -0.3 is 14.2 Å². The molecule has 5 heteroatoms. The molecule has 1 fully saturated rings. The van der Waals surface area contributed by atoms with E-state index in [-0.39, 0.29) is 13.0 Å². The molecule has 3 rings (SSSR count). The number of halogens is 1. The molecule has 0 radical (unpaired) electrons. The van der Waals surface area contributed by atoms with Gasteiger partial charge in [0.25, 0.3) is 0 Å². The first-order chi connectivity index (χ1) is 11.7. The lowest BCUT2D eigenvalue weighted by Gasteiger charge is -2.12. The number of methoxy groups -OCH3 is 1. The van der Waals surface area contributed by atoms with E-state index in [0.717, 1.165) is 11.1 Å². The minimum absolute atomic E-state index is 0.0134. The molecule has 1 aliphatic rings. The van der Waals surface area contributed by atoms with Crippen molar-refractivity contribution < 1.29 is 23.4 Å². The first-order valence-electron chi connectivity index (χ1n) is 7.82. The van der Waals surface area contributed by atoms with Crippen molar-refractivity contribution in [3.8, 4) is 11.1 Å². The molecule has 126 valence electrons. The van der Waals surface area contributed by atoms with Crippen LogP contribution in [-0.4, -0.2) is 38.3 Å². The number of hydrogen-bond acceptors (Lipinski definition) is 4. The van der Waals surface area contributed by atoms with Crippen LogP contribution < -0.4 is 0 Å². The SMILES string of the molecule is COC1O[C@H](COC(=O)c2ccc(-c3ccccc3)cc2)CC1F. The fraction of sp³-hybridized carbons (Fsp3) is 0.316. The Hall–Kier alpha value is -2.24.